The standard InChI is InChI=1S/C9H11N3S/c1-2-6-8(9(10)12-11-6)7-4-3-5-13-7/h3-5H,2H2,1H3,(H3,10,11,12). The monoisotopic (exact) mass is 193 g/mol. The molecule has 0 bridgehead atoms. The first-order valence-corrected chi connectivity index (χ1v) is 5.07. The van der Waals surface area contributed by atoms with Gasteiger partial charge >= 0.3 is 0 Å². The zero-order valence-corrected chi connectivity index (χ0v) is 8.19. The molecule has 0 aromatic carbocycles. The molecule has 3 N–H and O–H groups in total. The van der Waals surface area contributed by atoms with Crippen molar-refractivity contribution >= 4 is 17.2 Å². The van der Waals surface area contributed by atoms with Crippen molar-refractivity contribution in [1.82, 2.24) is 10.2 Å². The number of thiophene rings is 1. The number of nitrogens with one attached hydrogen (secondary N) is 1. The minimum atomic E-state index is 0.597. The molecule has 0 saturated carbocycles. The molecule has 13 heavy (non-hydrogen) atoms. The summed E-state index contributed by atoms with van der Waals surface area (Å²) in [4.78, 5) is 1.18. The zero-order chi connectivity index (χ0) is 9.26. The van der Waals surface area contributed by atoms with Crippen LogP contribution in [-0.2, 0) is 6.42 Å². The van der Waals surface area contributed by atoms with Crippen molar-refractivity contribution in [2.24, 2.45) is 0 Å². The Morgan fingerprint density at radius 3 is 3.08 bits per heavy atom. The maximum atomic E-state index is 5.77. The Balaban J connectivity index is 2.55. The molecule has 0 aliphatic carbocycles. The molecule has 0 fully saturated rings. The van der Waals surface area contributed by atoms with Gasteiger partial charge in [0.15, 0.2) is 5.82 Å². The van der Waals surface area contributed by atoms with Gasteiger partial charge in [0.2, 0.25) is 0 Å². The average Bonchev–Trinajstić information content (AvgIpc) is 2.72. The third-order valence-electron chi connectivity index (χ3n) is 1.99. The lowest BCUT2D eigenvalue weighted by atomic mass is 10.1. The SMILES string of the molecule is CCc1[nH]nc(N)c1-c1cccs1. The summed E-state index contributed by atoms with van der Waals surface area (Å²) in [7, 11) is 0. The van der Waals surface area contributed by atoms with Gasteiger partial charge in [-0.15, -0.1) is 11.3 Å². The normalized spacial score (nSPS) is 10.5. The Kier molecular flexibility index (Phi) is 2.06. The van der Waals surface area contributed by atoms with Crippen LogP contribution in [0.2, 0.25) is 0 Å². The number of nitrogens with two attached hydrogens (primary N) is 1. The summed E-state index contributed by atoms with van der Waals surface area (Å²) in [5.41, 5.74) is 7.95. The smallest absolute Gasteiger partial charge is 0.154 e. The quantitative estimate of drug-likeness (QED) is 0.768. The van der Waals surface area contributed by atoms with Gasteiger partial charge in [0.1, 0.15) is 0 Å². The van der Waals surface area contributed by atoms with E-state index in [1.54, 1.807) is 11.3 Å². The van der Waals surface area contributed by atoms with Crippen molar-refractivity contribution in [3.63, 3.8) is 0 Å². The second-order valence-corrected chi connectivity index (χ2v) is 3.74. The van der Waals surface area contributed by atoms with Crippen LogP contribution in [0.5, 0.6) is 0 Å². The van der Waals surface area contributed by atoms with E-state index in [0.29, 0.717) is 5.82 Å². The minimum absolute atomic E-state index is 0.597. The zero-order valence-electron chi connectivity index (χ0n) is 7.37. The first kappa shape index (κ1) is 8.31. The van der Waals surface area contributed by atoms with Crippen LogP contribution in [0.4, 0.5) is 5.82 Å². The van der Waals surface area contributed by atoms with E-state index in [2.05, 4.69) is 23.2 Å². The maximum Gasteiger partial charge on any atom is 0.154 e. The van der Waals surface area contributed by atoms with Gasteiger partial charge in [-0.05, 0) is 17.9 Å². The van der Waals surface area contributed by atoms with E-state index in [9.17, 15) is 0 Å². The molecular weight excluding hydrogens is 182 g/mol. The Hall–Kier alpha value is -1.29. The second kappa shape index (κ2) is 3.22. The highest BCUT2D eigenvalue weighted by molar-refractivity contribution is 7.13. The van der Waals surface area contributed by atoms with E-state index in [4.69, 9.17) is 5.73 Å². The third-order valence-corrected chi connectivity index (χ3v) is 2.88. The molecule has 2 aromatic heterocycles. The number of H-pyrrole nitrogens is 1. The summed E-state index contributed by atoms with van der Waals surface area (Å²) in [6, 6.07) is 4.08. The fourth-order valence-corrected chi connectivity index (χ4v) is 2.15. The number of anilines is 1. The van der Waals surface area contributed by atoms with Crippen molar-refractivity contribution in [1.29, 1.82) is 0 Å². The van der Waals surface area contributed by atoms with Crippen LogP contribution in [0.1, 0.15) is 12.6 Å². The van der Waals surface area contributed by atoms with Crippen LogP contribution in [0.3, 0.4) is 0 Å². The fourth-order valence-electron chi connectivity index (χ4n) is 1.35. The highest BCUT2D eigenvalue weighted by atomic mass is 32.1. The van der Waals surface area contributed by atoms with Crippen molar-refractivity contribution in [3.8, 4) is 10.4 Å². The summed E-state index contributed by atoms with van der Waals surface area (Å²) in [6.45, 7) is 2.09. The molecule has 68 valence electrons. The number of aromatic amines is 1. The van der Waals surface area contributed by atoms with Crippen molar-refractivity contribution in [3.05, 3.63) is 23.2 Å². The molecule has 0 spiro atoms. The lowest BCUT2D eigenvalue weighted by molar-refractivity contribution is 0.978. The Morgan fingerprint density at radius 1 is 1.62 bits per heavy atom. The summed E-state index contributed by atoms with van der Waals surface area (Å²) >= 11 is 1.68. The van der Waals surface area contributed by atoms with Gasteiger partial charge in [-0.3, -0.25) is 5.10 Å². The van der Waals surface area contributed by atoms with Crippen molar-refractivity contribution in [2.75, 3.05) is 5.73 Å². The lowest BCUT2D eigenvalue weighted by Crippen LogP contribution is -1.87. The van der Waals surface area contributed by atoms with E-state index in [0.717, 1.165) is 17.7 Å². The summed E-state index contributed by atoms with van der Waals surface area (Å²) in [6.07, 6.45) is 0.928. The topological polar surface area (TPSA) is 54.7 Å². The predicted molar refractivity (Wildman–Crippen MR) is 55.7 cm³/mol. The first-order chi connectivity index (χ1) is 6.33. The highest BCUT2D eigenvalue weighted by Crippen LogP contribution is 2.31. The Morgan fingerprint density at radius 2 is 2.46 bits per heavy atom. The number of hydrogen-bond donors (Lipinski definition) is 2. The molecule has 4 heteroatoms. The summed E-state index contributed by atoms with van der Waals surface area (Å²) in [5.74, 6) is 0.597. The van der Waals surface area contributed by atoms with Crippen molar-refractivity contribution < 1.29 is 0 Å². The number of nitrogens with zero attached hydrogens (tertiary/aromatic N) is 1. The molecule has 0 aliphatic rings. The van der Waals surface area contributed by atoms with E-state index in [-0.39, 0.29) is 0 Å². The van der Waals surface area contributed by atoms with Gasteiger partial charge in [-0.1, -0.05) is 13.0 Å². The first-order valence-electron chi connectivity index (χ1n) is 4.19. The van der Waals surface area contributed by atoms with E-state index < -0.39 is 0 Å². The maximum absolute atomic E-state index is 5.77. The molecule has 0 aliphatic heterocycles. The highest BCUT2D eigenvalue weighted by Gasteiger charge is 2.11. The second-order valence-electron chi connectivity index (χ2n) is 2.79. The molecule has 0 atom stereocenters. The predicted octanol–water partition coefficient (Wildman–Crippen LogP) is 2.28. The molecule has 3 nitrogen and oxygen atoms in total. The molecule has 0 amide bonds. The fraction of sp³-hybridized carbons (Fsp3) is 0.222. The van der Waals surface area contributed by atoms with Gasteiger partial charge in [-0.25, -0.2) is 0 Å². The summed E-state index contributed by atoms with van der Waals surface area (Å²) < 4.78 is 0. The third kappa shape index (κ3) is 1.33. The molecule has 2 aromatic rings. The van der Waals surface area contributed by atoms with Gasteiger partial charge in [0.05, 0.1) is 5.56 Å². The van der Waals surface area contributed by atoms with Crippen LogP contribution in [-0.4, -0.2) is 10.2 Å². The molecule has 2 heterocycles. The largest absolute Gasteiger partial charge is 0.382 e. The average molecular weight is 193 g/mol. The van der Waals surface area contributed by atoms with Crippen molar-refractivity contribution in [2.45, 2.75) is 13.3 Å². The van der Waals surface area contributed by atoms with Crippen LogP contribution >= 0.6 is 11.3 Å². The lowest BCUT2D eigenvalue weighted by Gasteiger charge is -1.97. The molecule has 0 radical (unpaired) electrons. The van der Waals surface area contributed by atoms with Crippen LogP contribution in [0, 0.1) is 0 Å². The number of hydrogen-bond acceptors (Lipinski definition) is 3. The molecule has 0 unspecified atom stereocenters. The molecule has 2 rings (SSSR count). The van der Waals surface area contributed by atoms with Gasteiger partial charge in [0.25, 0.3) is 0 Å². The number of aromatic nitrogens is 2. The summed E-state index contributed by atoms with van der Waals surface area (Å²) in [5, 5.41) is 8.99. The van der Waals surface area contributed by atoms with Crippen LogP contribution in [0.25, 0.3) is 10.4 Å². The molecular formula is C9H11N3S. The minimum Gasteiger partial charge on any atom is -0.382 e. The van der Waals surface area contributed by atoms with Gasteiger partial charge in [0, 0.05) is 10.6 Å². The molecule has 0 saturated heterocycles. The van der Waals surface area contributed by atoms with E-state index in [1.165, 1.54) is 4.88 Å². The van der Waals surface area contributed by atoms with Gasteiger partial charge < -0.3 is 5.73 Å². The van der Waals surface area contributed by atoms with E-state index in [1.807, 2.05) is 11.4 Å². The number of aryl methyl sites for hydroxylation is 1. The van der Waals surface area contributed by atoms with Crippen LogP contribution in [0.15, 0.2) is 17.5 Å². The Labute approximate surface area is 80.6 Å². The van der Waals surface area contributed by atoms with Gasteiger partial charge in [-0.2, -0.15) is 5.10 Å². The number of nitrogen functional groups attached to an aromatic ring is 1. The Bertz CT molecular complexity index is 389. The van der Waals surface area contributed by atoms with Crippen LogP contribution < -0.4 is 5.73 Å². The number of rotatable bonds is 2. The van der Waals surface area contributed by atoms with E-state index >= 15 is 0 Å².